The van der Waals surface area contributed by atoms with Gasteiger partial charge in [0, 0.05) is 0 Å². The third-order valence-electron chi connectivity index (χ3n) is 1.92. The zero-order chi connectivity index (χ0) is 12.1. The molecule has 3 N–H and O–H groups in total. The lowest BCUT2D eigenvalue weighted by Crippen LogP contribution is -2.32. The summed E-state index contributed by atoms with van der Waals surface area (Å²) in [6.07, 6.45) is 0.0633. The van der Waals surface area contributed by atoms with Gasteiger partial charge in [-0.05, 0) is 32.9 Å². The topological polar surface area (TPSA) is 64.3 Å². The Hall–Kier alpha value is -1.26. The number of anilines is 1. The number of para-hydroxylation sites is 2. The minimum absolute atomic E-state index is 0. The number of nitrogens with one attached hydrogen (secondary N) is 1. The van der Waals surface area contributed by atoms with Gasteiger partial charge in [0.25, 0.3) is 0 Å². The van der Waals surface area contributed by atoms with Crippen molar-refractivity contribution in [3.8, 4) is 5.75 Å². The van der Waals surface area contributed by atoms with E-state index in [1.54, 1.807) is 13.0 Å². The fraction of sp³-hybridized carbons (Fsp3) is 0.417. The molecule has 0 bridgehead atoms. The molecule has 1 aromatic carbocycles. The van der Waals surface area contributed by atoms with Crippen LogP contribution >= 0.6 is 12.4 Å². The van der Waals surface area contributed by atoms with Gasteiger partial charge in [0.1, 0.15) is 5.75 Å². The Balaban J connectivity index is 0.00000256. The maximum atomic E-state index is 11.5. The summed E-state index contributed by atoms with van der Waals surface area (Å²) in [6.45, 7) is 5.51. The van der Waals surface area contributed by atoms with Crippen molar-refractivity contribution in [2.24, 2.45) is 5.73 Å². The first kappa shape index (κ1) is 15.7. The number of amides is 1. The Morgan fingerprint density at radius 1 is 1.29 bits per heavy atom. The normalized spacial score (nSPS) is 11.6. The lowest BCUT2D eigenvalue weighted by atomic mass is 10.2. The number of hydrogen-bond acceptors (Lipinski definition) is 3. The number of ether oxygens (including phenoxy) is 1. The summed E-state index contributed by atoms with van der Waals surface area (Å²) in [5.74, 6) is 0.436. The summed E-state index contributed by atoms with van der Waals surface area (Å²) >= 11 is 0. The van der Waals surface area contributed by atoms with Gasteiger partial charge in [-0.25, -0.2) is 0 Å². The van der Waals surface area contributed by atoms with Crippen LogP contribution in [-0.4, -0.2) is 18.1 Å². The van der Waals surface area contributed by atoms with Gasteiger partial charge >= 0.3 is 0 Å². The largest absolute Gasteiger partial charge is 0.489 e. The average molecular weight is 259 g/mol. The highest BCUT2D eigenvalue weighted by molar-refractivity contribution is 5.95. The number of carbonyl (C=O) groups excluding carboxylic acids is 1. The lowest BCUT2D eigenvalue weighted by molar-refractivity contribution is -0.117. The van der Waals surface area contributed by atoms with E-state index in [2.05, 4.69) is 5.32 Å². The molecule has 1 amide bonds. The Morgan fingerprint density at radius 2 is 1.88 bits per heavy atom. The number of nitrogens with two attached hydrogens (primary N) is 1. The fourth-order valence-corrected chi connectivity index (χ4v) is 1.17. The highest BCUT2D eigenvalue weighted by Gasteiger charge is 2.11. The molecule has 4 nitrogen and oxygen atoms in total. The van der Waals surface area contributed by atoms with Crippen LogP contribution < -0.4 is 15.8 Å². The fourth-order valence-electron chi connectivity index (χ4n) is 1.17. The predicted octanol–water partition coefficient (Wildman–Crippen LogP) is 2.18. The standard InChI is InChI=1S/C12H18N2O2.ClH/c1-8(2)16-11-7-5-4-6-10(11)14-12(15)9(3)13;/h4-9H,13H2,1-3H3,(H,14,15);1H. The van der Waals surface area contributed by atoms with E-state index in [4.69, 9.17) is 10.5 Å². The molecule has 0 saturated heterocycles. The SMILES string of the molecule is CC(C)Oc1ccccc1NC(=O)C(C)N.Cl. The van der Waals surface area contributed by atoms with Crippen LogP contribution in [0.1, 0.15) is 20.8 Å². The summed E-state index contributed by atoms with van der Waals surface area (Å²) in [6, 6.07) is 6.77. The summed E-state index contributed by atoms with van der Waals surface area (Å²) in [5, 5.41) is 2.73. The smallest absolute Gasteiger partial charge is 0.241 e. The van der Waals surface area contributed by atoms with Crippen molar-refractivity contribution in [1.82, 2.24) is 0 Å². The Bertz CT molecular complexity index is 367. The second-order valence-corrected chi connectivity index (χ2v) is 3.94. The van der Waals surface area contributed by atoms with E-state index >= 15 is 0 Å². The first-order chi connectivity index (χ1) is 7.50. The van der Waals surface area contributed by atoms with Crippen molar-refractivity contribution < 1.29 is 9.53 Å². The molecule has 1 atom stereocenters. The second-order valence-electron chi connectivity index (χ2n) is 3.94. The quantitative estimate of drug-likeness (QED) is 0.870. The van der Waals surface area contributed by atoms with Gasteiger partial charge in [-0.3, -0.25) is 4.79 Å². The zero-order valence-electron chi connectivity index (χ0n) is 10.3. The molecule has 96 valence electrons. The molecule has 1 unspecified atom stereocenters. The van der Waals surface area contributed by atoms with Gasteiger partial charge in [-0.1, -0.05) is 12.1 Å². The molecule has 0 aromatic heterocycles. The van der Waals surface area contributed by atoms with Crippen LogP contribution in [0.5, 0.6) is 5.75 Å². The summed E-state index contributed by atoms with van der Waals surface area (Å²) < 4.78 is 5.57. The molecule has 5 heteroatoms. The summed E-state index contributed by atoms with van der Waals surface area (Å²) in [5.41, 5.74) is 6.13. The van der Waals surface area contributed by atoms with Crippen molar-refractivity contribution >= 4 is 24.0 Å². The van der Waals surface area contributed by atoms with E-state index in [0.29, 0.717) is 11.4 Å². The van der Waals surface area contributed by atoms with Crippen LogP contribution in [0.3, 0.4) is 0 Å². The third kappa shape index (κ3) is 5.06. The van der Waals surface area contributed by atoms with Crippen LogP contribution in [0.25, 0.3) is 0 Å². The zero-order valence-corrected chi connectivity index (χ0v) is 11.1. The van der Waals surface area contributed by atoms with Crippen LogP contribution in [0.2, 0.25) is 0 Å². The Kier molecular flexibility index (Phi) is 6.61. The molecule has 0 spiro atoms. The van der Waals surface area contributed by atoms with Gasteiger partial charge in [0.2, 0.25) is 5.91 Å². The van der Waals surface area contributed by atoms with Crippen LogP contribution in [0.15, 0.2) is 24.3 Å². The molecule has 1 aromatic rings. The highest BCUT2D eigenvalue weighted by atomic mass is 35.5. The predicted molar refractivity (Wildman–Crippen MR) is 71.7 cm³/mol. The van der Waals surface area contributed by atoms with Crippen LogP contribution in [0, 0.1) is 0 Å². The number of rotatable bonds is 4. The first-order valence-electron chi connectivity index (χ1n) is 5.33. The average Bonchev–Trinajstić information content (AvgIpc) is 2.20. The molecular formula is C12H19ClN2O2. The Labute approximate surface area is 108 Å². The van der Waals surface area contributed by atoms with Gasteiger partial charge in [0.15, 0.2) is 0 Å². The van der Waals surface area contributed by atoms with Crippen molar-refractivity contribution in [2.75, 3.05) is 5.32 Å². The molecule has 1 rings (SSSR count). The minimum atomic E-state index is -0.535. The van der Waals surface area contributed by atoms with E-state index in [9.17, 15) is 4.79 Å². The summed E-state index contributed by atoms with van der Waals surface area (Å²) in [7, 11) is 0. The monoisotopic (exact) mass is 258 g/mol. The van der Waals surface area contributed by atoms with Crippen LogP contribution in [-0.2, 0) is 4.79 Å². The molecule has 0 aliphatic heterocycles. The molecule has 0 fully saturated rings. The number of halogens is 1. The maximum absolute atomic E-state index is 11.5. The number of benzene rings is 1. The Morgan fingerprint density at radius 3 is 2.41 bits per heavy atom. The maximum Gasteiger partial charge on any atom is 0.241 e. The molecule has 17 heavy (non-hydrogen) atoms. The number of carbonyl (C=O) groups is 1. The van der Waals surface area contributed by atoms with Crippen molar-refractivity contribution in [2.45, 2.75) is 32.9 Å². The van der Waals surface area contributed by atoms with Crippen molar-refractivity contribution in [3.63, 3.8) is 0 Å². The third-order valence-corrected chi connectivity index (χ3v) is 1.92. The van der Waals surface area contributed by atoms with Crippen molar-refractivity contribution in [3.05, 3.63) is 24.3 Å². The van der Waals surface area contributed by atoms with E-state index in [0.717, 1.165) is 0 Å². The van der Waals surface area contributed by atoms with Crippen molar-refractivity contribution in [1.29, 1.82) is 0 Å². The molecular weight excluding hydrogens is 240 g/mol. The molecule has 0 aliphatic rings. The number of hydrogen-bond donors (Lipinski definition) is 2. The second kappa shape index (κ2) is 7.14. The van der Waals surface area contributed by atoms with E-state index in [-0.39, 0.29) is 24.4 Å². The van der Waals surface area contributed by atoms with Crippen LogP contribution in [0.4, 0.5) is 5.69 Å². The van der Waals surface area contributed by atoms with Gasteiger partial charge in [-0.2, -0.15) is 0 Å². The van der Waals surface area contributed by atoms with Gasteiger partial charge in [0.05, 0.1) is 17.8 Å². The van der Waals surface area contributed by atoms with Gasteiger partial charge in [-0.15, -0.1) is 12.4 Å². The minimum Gasteiger partial charge on any atom is -0.489 e. The van der Waals surface area contributed by atoms with E-state index in [1.165, 1.54) is 0 Å². The van der Waals surface area contributed by atoms with E-state index < -0.39 is 6.04 Å². The lowest BCUT2D eigenvalue weighted by Gasteiger charge is -2.15. The summed E-state index contributed by atoms with van der Waals surface area (Å²) in [4.78, 5) is 11.5. The molecule has 0 saturated carbocycles. The molecule has 0 radical (unpaired) electrons. The molecule has 0 heterocycles. The highest BCUT2D eigenvalue weighted by Crippen LogP contribution is 2.24. The first-order valence-corrected chi connectivity index (χ1v) is 5.33. The van der Waals surface area contributed by atoms with Gasteiger partial charge < -0.3 is 15.8 Å². The molecule has 0 aliphatic carbocycles. The van der Waals surface area contributed by atoms with E-state index in [1.807, 2.05) is 32.0 Å².